The highest BCUT2D eigenvalue weighted by atomic mass is 19.4. The number of aryl methyl sites for hydroxylation is 1. The summed E-state index contributed by atoms with van der Waals surface area (Å²) >= 11 is 0. The van der Waals surface area contributed by atoms with E-state index in [1.54, 1.807) is 12.4 Å². The predicted molar refractivity (Wildman–Crippen MR) is 94.0 cm³/mol. The molecular formula is C18H21F3N4O2. The molecule has 0 spiro atoms. The number of halogens is 3. The van der Waals surface area contributed by atoms with E-state index >= 15 is 0 Å². The minimum absolute atomic E-state index is 0.0472. The zero-order valence-electron chi connectivity index (χ0n) is 15.3. The molecule has 2 heterocycles. The van der Waals surface area contributed by atoms with Crippen LogP contribution in [0.1, 0.15) is 25.8 Å². The van der Waals surface area contributed by atoms with Crippen LogP contribution in [-0.2, 0) is 0 Å². The molecule has 1 aliphatic rings. The van der Waals surface area contributed by atoms with Crippen molar-refractivity contribution < 1.29 is 22.6 Å². The number of anilines is 1. The Morgan fingerprint density at radius 3 is 2.56 bits per heavy atom. The molecule has 1 aromatic carbocycles. The van der Waals surface area contributed by atoms with Crippen LogP contribution in [-0.4, -0.2) is 35.1 Å². The van der Waals surface area contributed by atoms with E-state index in [0.29, 0.717) is 12.2 Å². The molecular weight excluding hydrogens is 361 g/mol. The number of hydrogen-bond acceptors (Lipinski definition) is 6. The van der Waals surface area contributed by atoms with E-state index in [9.17, 15) is 13.2 Å². The van der Waals surface area contributed by atoms with Gasteiger partial charge in [-0.25, -0.2) is 9.97 Å². The number of alkyl halides is 3. The van der Waals surface area contributed by atoms with Crippen molar-refractivity contribution in [3.8, 4) is 17.5 Å². The van der Waals surface area contributed by atoms with Gasteiger partial charge in [0.1, 0.15) is 11.5 Å². The molecule has 1 aliphatic heterocycles. The van der Waals surface area contributed by atoms with Gasteiger partial charge in [0.2, 0.25) is 0 Å². The van der Waals surface area contributed by atoms with Crippen LogP contribution in [0.15, 0.2) is 30.6 Å². The Balaban J connectivity index is 1.69. The molecule has 2 aromatic rings. The molecule has 0 saturated carbocycles. The summed E-state index contributed by atoms with van der Waals surface area (Å²) in [5.74, 6) is -0.160. The third kappa shape index (κ3) is 4.79. The molecule has 146 valence electrons. The van der Waals surface area contributed by atoms with Gasteiger partial charge in [0.15, 0.2) is 0 Å². The Morgan fingerprint density at radius 2 is 1.96 bits per heavy atom. The van der Waals surface area contributed by atoms with Gasteiger partial charge in [-0.3, -0.25) is 5.32 Å². The highest BCUT2D eigenvalue weighted by Gasteiger charge is 2.32. The van der Waals surface area contributed by atoms with E-state index in [4.69, 9.17) is 4.74 Å². The van der Waals surface area contributed by atoms with Gasteiger partial charge >= 0.3 is 12.4 Å². The van der Waals surface area contributed by atoms with Crippen molar-refractivity contribution in [2.45, 2.75) is 39.1 Å². The van der Waals surface area contributed by atoms with Crippen LogP contribution in [0, 0.1) is 6.92 Å². The molecule has 0 unspecified atom stereocenters. The molecule has 6 nitrogen and oxygen atoms in total. The molecule has 1 aromatic heterocycles. The van der Waals surface area contributed by atoms with Crippen molar-refractivity contribution in [3.63, 3.8) is 0 Å². The molecule has 9 heteroatoms. The van der Waals surface area contributed by atoms with Crippen LogP contribution in [0.5, 0.6) is 17.5 Å². The summed E-state index contributed by atoms with van der Waals surface area (Å²) in [5.41, 5.74) is 1.24. The van der Waals surface area contributed by atoms with Crippen molar-refractivity contribution in [1.29, 1.82) is 0 Å². The summed E-state index contributed by atoms with van der Waals surface area (Å²) in [7, 11) is 0. The third-order valence-corrected chi connectivity index (χ3v) is 4.59. The number of rotatable bonds is 5. The third-order valence-electron chi connectivity index (χ3n) is 4.59. The lowest BCUT2D eigenvalue weighted by Crippen LogP contribution is -2.38. The van der Waals surface area contributed by atoms with Crippen LogP contribution < -0.4 is 19.7 Å². The Labute approximate surface area is 155 Å². The first-order valence-corrected chi connectivity index (χ1v) is 8.54. The lowest BCUT2D eigenvalue weighted by molar-refractivity contribution is -0.274. The predicted octanol–water partition coefficient (Wildman–Crippen LogP) is 4.01. The highest BCUT2D eigenvalue weighted by Crippen LogP contribution is 2.31. The normalized spacial score (nSPS) is 20.0. The van der Waals surface area contributed by atoms with Crippen molar-refractivity contribution in [2.75, 3.05) is 18.1 Å². The molecule has 0 amide bonds. The summed E-state index contributed by atoms with van der Waals surface area (Å²) in [4.78, 5) is 10.4. The van der Waals surface area contributed by atoms with Crippen LogP contribution in [0.25, 0.3) is 0 Å². The zero-order valence-corrected chi connectivity index (χ0v) is 15.3. The topological polar surface area (TPSA) is 59.5 Å². The van der Waals surface area contributed by atoms with Gasteiger partial charge in [-0.2, -0.15) is 0 Å². The first kappa shape index (κ1) is 19.2. The minimum Gasteiger partial charge on any atom is -0.424 e. The molecule has 1 saturated heterocycles. The van der Waals surface area contributed by atoms with Crippen LogP contribution in [0.4, 0.5) is 18.9 Å². The van der Waals surface area contributed by atoms with Gasteiger partial charge in [-0.15, -0.1) is 13.2 Å². The molecule has 1 atom stereocenters. The standard InChI is InChI=1S/C18H21F3N4O2/c1-4-17(3)10-25(11-24-17)13-8-22-16(23-9-13)26-14-6-5-12(2)15(7-14)27-18(19,20)21/h5-9,24H,4,10-11H2,1-3H3/t17-/m1/s1. The lowest BCUT2D eigenvalue weighted by atomic mass is 10.0. The van der Waals surface area contributed by atoms with Crippen molar-refractivity contribution in [3.05, 3.63) is 36.2 Å². The van der Waals surface area contributed by atoms with Gasteiger partial charge in [-0.1, -0.05) is 13.0 Å². The molecule has 0 radical (unpaired) electrons. The van der Waals surface area contributed by atoms with E-state index in [1.807, 2.05) is 0 Å². The number of nitrogens with one attached hydrogen (secondary N) is 1. The monoisotopic (exact) mass is 382 g/mol. The molecule has 27 heavy (non-hydrogen) atoms. The maximum absolute atomic E-state index is 12.5. The quantitative estimate of drug-likeness (QED) is 0.843. The summed E-state index contributed by atoms with van der Waals surface area (Å²) < 4.78 is 46.8. The Bertz CT molecular complexity index is 798. The fourth-order valence-corrected chi connectivity index (χ4v) is 2.75. The largest absolute Gasteiger partial charge is 0.573 e. The maximum atomic E-state index is 12.5. The fraction of sp³-hybridized carbons (Fsp3) is 0.444. The summed E-state index contributed by atoms with van der Waals surface area (Å²) in [6.45, 7) is 7.34. The van der Waals surface area contributed by atoms with Crippen LogP contribution >= 0.6 is 0 Å². The fourth-order valence-electron chi connectivity index (χ4n) is 2.75. The molecule has 1 fully saturated rings. The van der Waals surface area contributed by atoms with Crippen molar-refractivity contribution in [1.82, 2.24) is 15.3 Å². The number of ether oxygens (including phenoxy) is 2. The Kier molecular flexibility index (Phi) is 5.14. The molecule has 0 aliphatic carbocycles. The maximum Gasteiger partial charge on any atom is 0.573 e. The van der Waals surface area contributed by atoms with Crippen LogP contribution in [0.3, 0.4) is 0 Å². The van der Waals surface area contributed by atoms with Crippen LogP contribution in [0.2, 0.25) is 0 Å². The Hall–Kier alpha value is -2.55. The summed E-state index contributed by atoms with van der Waals surface area (Å²) in [6, 6.07) is 4.22. The number of nitrogens with zero attached hydrogens (tertiary/aromatic N) is 3. The highest BCUT2D eigenvalue weighted by molar-refractivity contribution is 5.45. The van der Waals surface area contributed by atoms with E-state index in [0.717, 1.165) is 24.7 Å². The molecule has 1 N–H and O–H groups in total. The average Bonchev–Trinajstić information content (AvgIpc) is 3.00. The van der Waals surface area contributed by atoms with E-state index in [2.05, 4.69) is 38.8 Å². The smallest absolute Gasteiger partial charge is 0.424 e. The van der Waals surface area contributed by atoms with E-state index in [1.165, 1.54) is 19.1 Å². The zero-order chi connectivity index (χ0) is 19.7. The summed E-state index contributed by atoms with van der Waals surface area (Å²) in [6.07, 6.45) is -0.501. The second kappa shape index (κ2) is 7.22. The minimum atomic E-state index is -4.77. The van der Waals surface area contributed by atoms with Gasteiger partial charge in [0.25, 0.3) is 0 Å². The second-order valence-corrected chi connectivity index (χ2v) is 6.75. The number of aromatic nitrogens is 2. The Morgan fingerprint density at radius 1 is 1.26 bits per heavy atom. The van der Waals surface area contributed by atoms with Gasteiger partial charge in [-0.05, 0) is 31.9 Å². The van der Waals surface area contributed by atoms with Crippen molar-refractivity contribution in [2.24, 2.45) is 0 Å². The lowest BCUT2D eigenvalue weighted by Gasteiger charge is -2.22. The molecule has 0 bridgehead atoms. The van der Waals surface area contributed by atoms with Gasteiger partial charge < -0.3 is 14.4 Å². The second-order valence-electron chi connectivity index (χ2n) is 6.75. The summed E-state index contributed by atoms with van der Waals surface area (Å²) in [5, 5.41) is 3.45. The first-order chi connectivity index (χ1) is 12.7. The van der Waals surface area contributed by atoms with Gasteiger partial charge in [0.05, 0.1) is 24.7 Å². The van der Waals surface area contributed by atoms with E-state index in [-0.39, 0.29) is 23.0 Å². The van der Waals surface area contributed by atoms with E-state index < -0.39 is 6.36 Å². The average molecular weight is 382 g/mol. The van der Waals surface area contributed by atoms with Crippen molar-refractivity contribution >= 4 is 5.69 Å². The van der Waals surface area contributed by atoms with Gasteiger partial charge in [0, 0.05) is 18.2 Å². The SMILES string of the molecule is CC[C@]1(C)CN(c2cnc(Oc3ccc(C)c(OC(F)(F)F)c3)nc2)CN1. The first-order valence-electron chi connectivity index (χ1n) is 8.54. The number of hydrogen-bond donors (Lipinski definition) is 1. The number of benzene rings is 1. The molecule has 3 rings (SSSR count).